The number of carbonyl (C=O) groups is 2. The minimum atomic E-state index is -1.08. The van der Waals surface area contributed by atoms with Crippen molar-refractivity contribution in [3.05, 3.63) is 96.6 Å². The van der Waals surface area contributed by atoms with Gasteiger partial charge in [-0.15, -0.1) is 0 Å². The summed E-state index contributed by atoms with van der Waals surface area (Å²) in [5.41, 5.74) is 6.30. The van der Waals surface area contributed by atoms with Gasteiger partial charge in [0, 0.05) is 16.3 Å². The summed E-state index contributed by atoms with van der Waals surface area (Å²) in [5, 5.41) is 14.3. The van der Waals surface area contributed by atoms with Crippen LogP contribution in [0.5, 0.6) is 0 Å². The molecule has 0 bridgehead atoms. The molecule has 40 heavy (non-hydrogen) atoms. The van der Waals surface area contributed by atoms with E-state index < -0.39 is 23.7 Å². The molecule has 0 radical (unpaired) electrons. The molecule has 4 aromatic carbocycles. The number of carboxylic acid groups (broad SMARTS) is 1. The van der Waals surface area contributed by atoms with E-state index in [1.54, 1.807) is 20.8 Å². The molecule has 0 aliphatic heterocycles. The Hall–Kier alpha value is -4.58. The number of carbonyl (C=O) groups excluding carboxylic acids is 1. The zero-order valence-corrected chi connectivity index (χ0v) is 22.9. The molecule has 0 aliphatic carbocycles. The number of carboxylic acids is 1. The number of furan rings is 1. The van der Waals surface area contributed by atoms with Gasteiger partial charge < -0.3 is 19.6 Å². The van der Waals surface area contributed by atoms with E-state index in [2.05, 4.69) is 59.9 Å². The van der Waals surface area contributed by atoms with Gasteiger partial charge in [0.05, 0.1) is 0 Å². The van der Waals surface area contributed by atoms with E-state index in [1.807, 2.05) is 36.4 Å². The number of fused-ring (bicyclic) bond motifs is 3. The molecule has 5 rings (SSSR count). The van der Waals surface area contributed by atoms with E-state index in [0.717, 1.165) is 49.8 Å². The summed E-state index contributed by atoms with van der Waals surface area (Å²) >= 11 is 0. The van der Waals surface area contributed by atoms with Crippen molar-refractivity contribution >= 4 is 34.0 Å². The molecule has 5 aromatic rings. The molecule has 6 heteroatoms. The second-order valence-electron chi connectivity index (χ2n) is 11.0. The van der Waals surface area contributed by atoms with Crippen molar-refractivity contribution in [3.8, 4) is 22.3 Å². The van der Waals surface area contributed by atoms with Crippen LogP contribution >= 0.6 is 0 Å². The quantitative estimate of drug-likeness (QED) is 0.209. The Morgan fingerprint density at radius 2 is 1.57 bits per heavy atom. The topological polar surface area (TPSA) is 88.8 Å². The minimum absolute atomic E-state index is 0.281. The Morgan fingerprint density at radius 3 is 2.33 bits per heavy atom. The lowest BCUT2D eigenvalue weighted by Gasteiger charge is -2.22. The number of hydrogen-bond acceptors (Lipinski definition) is 4. The number of aryl methyl sites for hydroxylation is 1. The van der Waals surface area contributed by atoms with Gasteiger partial charge in [-0.2, -0.15) is 0 Å². The Morgan fingerprint density at radius 1 is 0.850 bits per heavy atom. The van der Waals surface area contributed by atoms with Gasteiger partial charge in [-0.3, -0.25) is 0 Å². The number of aliphatic carboxylic acids is 1. The number of alkyl carbamates (subject to hydrolysis) is 1. The highest BCUT2D eigenvalue weighted by Gasteiger charge is 2.24. The maximum atomic E-state index is 12.1. The maximum Gasteiger partial charge on any atom is 0.408 e. The van der Waals surface area contributed by atoms with Crippen molar-refractivity contribution in [2.24, 2.45) is 0 Å². The molecule has 0 aliphatic rings. The van der Waals surface area contributed by atoms with Gasteiger partial charge >= 0.3 is 12.1 Å². The molecule has 1 heterocycles. The fourth-order valence-electron chi connectivity index (χ4n) is 5.02. The number of para-hydroxylation sites is 2. The molecule has 1 aromatic heterocycles. The van der Waals surface area contributed by atoms with Crippen LogP contribution in [0.25, 0.3) is 44.2 Å². The molecule has 1 amide bonds. The summed E-state index contributed by atoms with van der Waals surface area (Å²) in [6.07, 6.45) is 0.779. The zero-order chi connectivity index (χ0) is 28.3. The van der Waals surface area contributed by atoms with Crippen molar-refractivity contribution in [2.45, 2.75) is 51.7 Å². The molecule has 0 spiro atoms. The molecular weight excluding hydrogens is 502 g/mol. The molecule has 0 fully saturated rings. The average Bonchev–Trinajstić information content (AvgIpc) is 3.31. The van der Waals surface area contributed by atoms with Crippen LogP contribution in [0.4, 0.5) is 4.79 Å². The molecule has 0 saturated heterocycles. The summed E-state index contributed by atoms with van der Waals surface area (Å²) in [6.45, 7) is 5.22. The number of ether oxygens (including phenoxy) is 1. The monoisotopic (exact) mass is 535 g/mol. The highest BCUT2D eigenvalue weighted by molar-refractivity contribution is 6.10. The second kappa shape index (κ2) is 11.3. The van der Waals surface area contributed by atoms with Gasteiger partial charge in [0.15, 0.2) is 0 Å². The molecule has 1 atom stereocenters. The first kappa shape index (κ1) is 27.0. The molecule has 1 unspecified atom stereocenters. The van der Waals surface area contributed by atoms with E-state index in [0.29, 0.717) is 12.8 Å². The van der Waals surface area contributed by atoms with E-state index in [-0.39, 0.29) is 6.42 Å². The predicted octanol–water partition coefficient (Wildman–Crippen LogP) is 8.22. The lowest BCUT2D eigenvalue weighted by atomic mass is 9.90. The first-order valence-electron chi connectivity index (χ1n) is 13.5. The highest BCUT2D eigenvalue weighted by Crippen LogP contribution is 2.40. The Bertz CT molecular complexity index is 1660. The van der Waals surface area contributed by atoms with E-state index >= 15 is 0 Å². The lowest BCUT2D eigenvalue weighted by molar-refractivity contribution is -0.139. The third-order valence-corrected chi connectivity index (χ3v) is 6.81. The number of hydrogen-bond donors (Lipinski definition) is 2. The van der Waals surface area contributed by atoms with E-state index in [1.165, 1.54) is 0 Å². The van der Waals surface area contributed by atoms with Crippen molar-refractivity contribution < 1.29 is 23.8 Å². The van der Waals surface area contributed by atoms with Crippen LogP contribution in [-0.2, 0) is 16.0 Å². The fourth-order valence-corrected chi connectivity index (χ4v) is 5.02. The van der Waals surface area contributed by atoms with Crippen molar-refractivity contribution in [1.82, 2.24) is 5.32 Å². The molecular formula is C34H33NO5. The Balaban J connectivity index is 1.45. The second-order valence-corrected chi connectivity index (χ2v) is 11.0. The van der Waals surface area contributed by atoms with E-state index in [9.17, 15) is 14.7 Å². The number of amides is 1. The van der Waals surface area contributed by atoms with Gasteiger partial charge in [-0.25, -0.2) is 9.59 Å². The molecule has 204 valence electrons. The van der Waals surface area contributed by atoms with Crippen molar-refractivity contribution in [3.63, 3.8) is 0 Å². The van der Waals surface area contributed by atoms with Gasteiger partial charge in [-0.1, -0.05) is 84.9 Å². The van der Waals surface area contributed by atoms with Gasteiger partial charge in [0.25, 0.3) is 0 Å². The van der Waals surface area contributed by atoms with Crippen LogP contribution in [-0.4, -0.2) is 28.8 Å². The fraction of sp³-hybridized carbons (Fsp3) is 0.235. The Kier molecular flexibility index (Phi) is 7.60. The molecule has 0 saturated carbocycles. The standard InChI is InChI=1S/C34H33NO5/c1-34(2,3)40-33(38)35-29(32(36)37)17-9-11-22-19-20-24(23-12-5-4-6-13-23)28(21-22)27-16-10-15-26-25-14-7-8-18-30(25)39-31(26)27/h4-8,10,12-16,18-21,29H,9,11,17H2,1-3H3,(H,35,38)(H,36,37). The molecule has 6 nitrogen and oxygen atoms in total. The minimum Gasteiger partial charge on any atom is -0.480 e. The van der Waals surface area contributed by atoms with Crippen LogP contribution in [0.1, 0.15) is 39.2 Å². The summed E-state index contributed by atoms with van der Waals surface area (Å²) < 4.78 is 11.6. The van der Waals surface area contributed by atoms with Crippen molar-refractivity contribution in [2.75, 3.05) is 0 Å². The van der Waals surface area contributed by atoms with Gasteiger partial charge in [0.2, 0.25) is 0 Å². The van der Waals surface area contributed by atoms with Crippen molar-refractivity contribution in [1.29, 1.82) is 0 Å². The Labute approximate surface area is 233 Å². The first-order chi connectivity index (χ1) is 19.2. The van der Waals surface area contributed by atoms with Crippen LogP contribution < -0.4 is 5.32 Å². The molecule has 2 N–H and O–H groups in total. The van der Waals surface area contributed by atoms with Crippen LogP contribution in [0, 0.1) is 0 Å². The summed E-state index contributed by atoms with van der Waals surface area (Å²) in [4.78, 5) is 23.9. The first-order valence-corrected chi connectivity index (χ1v) is 13.5. The summed E-state index contributed by atoms with van der Waals surface area (Å²) in [5.74, 6) is -1.08. The van der Waals surface area contributed by atoms with Crippen LogP contribution in [0.15, 0.2) is 95.4 Å². The van der Waals surface area contributed by atoms with Gasteiger partial charge in [0.1, 0.15) is 22.8 Å². The highest BCUT2D eigenvalue weighted by atomic mass is 16.6. The summed E-state index contributed by atoms with van der Waals surface area (Å²) in [6, 6.07) is 29.9. The van der Waals surface area contributed by atoms with Gasteiger partial charge in [-0.05, 0) is 68.4 Å². The lowest BCUT2D eigenvalue weighted by Crippen LogP contribution is -2.43. The van der Waals surface area contributed by atoms with E-state index in [4.69, 9.17) is 9.15 Å². The van der Waals surface area contributed by atoms with Crippen LogP contribution in [0.3, 0.4) is 0 Å². The number of rotatable bonds is 8. The third-order valence-electron chi connectivity index (χ3n) is 6.81. The number of benzene rings is 4. The maximum absolute atomic E-state index is 12.1. The summed E-state index contributed by atoms with van der Waals surface area (Å²) in [7, 11) is 0. The predicted molar refractivity (Wildman–Crippen MR) is 158 cm³/mol. The largest absolute Gasteiger partial charge is 0.480 e. The SMILES string of the molecule is CC(C)(C)OC(=O)NC(CCCc1ccc(-c2ccccc2)c(-c2cccc3c2oc2ccccc23)c1)C(=O)O. The normalized spacial score (nSPS) is 12.4. The average molecular weight is 536 g/mol. The third kappa shape index (κ3) is 6.01. The zero-order valence-electron chi connectivity index (χ0n) is 22.9. The number of nitrogens with one attached hydrogen (secondary N) is 1. The smallest absolute Gasteiger partial charge is 0.408 e. The van der Waals surface area contributed by atoms with Crippen LogP contribution in [0.2, 0.25) is 0 Å².